The Morgan fingerprint density at radius 2 is 1.74 bits per heavy atom. The molecule has 0 saturated heterocycles. The number of nitrogens with one attached hydrogen (secondary N) is 2. The molecule has 3 aromatic rings. The molecule has 0 aromatic heterocycles. The third-order valence-electron chi connectivity index (χ3n) is 5.94. The van der Waals surface area contributed by atoms with E-state index in [1.54, 1.807) is 54.0 Å². The van der Waals surface area contributed by atoms with Crippen LogP contribution in [-0.4, -0.2) is 56.2 Å². The Morgan fingerprint density at radius 3 is 2.42 bits per heavy atom. The number of hydroxylamine groups is 1. The average Bonchev–Trinajstić information content (AvgIpc) is 3.42. The van der Waals surface area contributed by atoms with Crippen LogP contribution < -0.4 is 25.0 Å². The Bertz CT molecular complexity index is 1380. The van der Waals surface area contributed by atoms with Gasteiger partial charge in [-0.1, -0.05) is 24.3 Å². The van der Waals surface area contributed by atoms with E-state index in [1.165, 1.54) is 31.4 Å². The van der Waals surface area contributed by atoms with Gasteiger partial charge < -0.3 is 19.5 Å². The molecule has 0 aliphatic carbocycles. The summed E-state index contributed by atoms with van der Waals surface area (Å²) in [6.07, 6.45) is -0.120. The van der Waals surface area contributed by atoms with Crippen LogP contribution in [-0.2, 0) is 21.4 Å². The van der Waals surface area contributed by atoms with Crippen molar-refractivity contribution in [3.63, 3.8) is 0 Å². The van der Waals surface area contributed by atoms with E-state index in [-0.39, 0.29) is 37.1 Å². The van der Waals surface area contributed by atoms with Crippen molar-refractivity contribution in [2.24, 2.45) is 0 Å². The number of amides is 2. The molecule has 11 nitrogen and oxygen atoms in total. The lowest BCUT2D eigenvalue weighted by atomic mass is 10.1. The van der Waals surface area contributed by atoms with Crippen LogP contribution in [0.4, 0.5) is 0 Å². The lowest BCUT2D eigenvalue weighted by Gasteiger charge is -2.30. The van der Waals surface area contributed by atoms with Gasteiger partial charge in [-0.2, -0.15) is 4.31 Å². The number of benzene rings is 3. The molecular weight excluding hydrogens is 514 g/mol. The molecule has 2 amide bonds. The number of hydrogen-bond acceptors (Lipinski definition) is 8. The number of carbonyl (C=O) groups is 2. The first-order valence-electron chi connectivity index (χ1n) is 11.6. The Kier molecular flexibility index (Phi) is 8.46. The van der Waals surface area contributed by atoms with Gasteiger partial charge in [0.1, 0.15) is 11.8 Å². The van der Waals surface area contributed by atoms with E-state index in [0.29, 0.717) is 28.4 Å². The van der Waals surface area contributed by atoms with Gasteiger partial charge in [-0.05, 0) is 60.5 Å². The fraction of sp³-hybridized carbons (Fsp3) is 0.231. The Labute approximate surface area is 219 Å². The summed E-state index contributed by atoms with van der Waals surface area (Å²) in [5, 5.41) is 12.2. The maximum Gasteiger partial charge on any atom is 0.261 e. The fourth-order valence-corrected chi connectivity index (χ4v) is 5.57. The minimum absolute atomic E-state index is 0.0401. The van der Waals surface area contributed by atoms with Crippen LogP contribution >= 0.6 is 0 Å². The molecule has 3 aromatic carbocycles. The molecule has 0 spiro atoms. The van der Waals surface area contributed by atoms with Crippen molar-refractivity contribution in [2.45, 2.75) is 23.9 Å². The van der Waals surface area contributed by atoms with Crippen molar-refractivity contribution in [3.8, 4) is 17.2 Å². The van der Waals surface area contributed by atoms with E-state index < -0.39 is 22.0 Å². The van der Waals surface area contributed by atoms with Gasteiger partial charge in [0, 0.05) is 18.7 Å². The second-order valence-corrected chi connectivity index (χ2v) is 10.2. The maximum absolute atomic E-state index is 13.8. The molecule has 1 atom stereocenters. The zero-order valence-corrected chi connectivity index (χ0v) is 21.3. The zero-order chi connectivity index (χ0) is 27.1. The Balaban J connectivity index is 1.64. The molecule has 1 aliphatic rings. The monoisotopic (exact) mass is 541 g/mol. The normalized spacial score (nSPS) is 13.1. The molecule has 0 bridgehead atoms. The molecule has 1 aliphatic heterocycles. The number of sulfonamides is 1. The van der Waals surface area contributed by atoms with Crippen molar-refractivity contribution < 1.29 is 37.4 Å². The molecular formula is C26H27N3O8S. The zero-order valence-electron chi connectivity index (χ0n) is 20.5. The Morgan fingerprint density at radius 1 is 1.03 bits per heavy atom. The number of ether oxygens (including phenoxy) is 3. The smallest absolute Gasteiger partial charge is 0.261 e. The summed E-state index contributed by atoms with van der Waals surface area (Å²) < 4.78 is 44.5. The lowest BCUT2D eigenvalue weighted by molar-refractivity contribution is -0.133. The topological polar surface area (TPSA) is 144 Å². The van der Waals surface area contributed by atoms with E-state index in [4.69, 9.17) is 14.2 Å². The van der Waals surface area contributed by atoms with Crippen molar-refractivity contribution in [1.29, 1.82) is 0 Å². The highest BCUT2D eigenvalue weighted by Gasteiger charge is 2.36. The van der Waals surface area contributed by atoms with Crippen molar-refractivity contribution in [3.05, 3.63) is 83.9 Å². The summed E-state index contributed by atoms with van der Waals surface area (Å²) in [6, 6.07) is 17.8. The van der Waals surface area contributed by atoms with Gasteiger partial charge in [0.25, 0.3) is 11.8 Å². The average molecular weight is 542 g/mol. The molecule has 0 saturated carbocycles. The summed E-state index contributed by atoms with van der Waals surface area (Å²) in [4.78, 5) is 25.2. The van der Waals surface area contributed by atoms with Crippen LogP contribution in [0.2, 0.25) is 0 Å². The van der Waals surface area contributed by atoms with Gasteiger partial charge in [-0.15, -0.1) is 0 Å². The molecule has 4 rings (SSSR count). The minimum atomic E-state index is -4.27. The molecule has 0 unspecified atom stereocenters. The Hall–Kier alpha value is -4.13. The number of nitrogens with zero attached hydrogens (tertiary/aromatic N) is 1. The van der Waals surface area contributed by atoms with Crippen molar-refractivity contribution >= 4 is 21.8 Å². The summed E-state index contributed by atoms with van der Waals surface area (Å²) in [5.41, 5.74) is 2.50. The lowest BCUT2D eigenvalue weighted by Crippen LogP contribution is -2.49. The number of methoxy groups -OCH3 is 1. The molecule has 1 heterocycles. The van der Waals surface area contributed by atoms with E-state index >= 15 is 0 Å². The SMILES string of the molecule is COc1ccc(S(=O)(=O)N(Cc2ccc3c(c2)OCO3)[C@H](CCNC(=O)c2ccccc2)C(=O)NO)cc1. The molecule has 38 heavy (non-hydrogen) atoms. The number of hydrogen-bond donors (Lipinski definition) is 3. The van der Waals surface area contributed by atoms with E-state index in [0.717, 1.165) is 4.31 Å². The van der Waals surface area contributed by atoms with Crippen LogP contribution in [0.1, 0.15) is 22.3 Å². The first kappa shape index (κ1) is 26.9. The summed E-state index contributed by atoms with van der Waals surface area (Å²) in [6.45, 7) is -0.222. The van der Waals surface area contributed by atoms with E-state index in [2.05, 4.69) is 5.32 Å². The largest absolute Gasteiger partial charge is 0.497 e. The fourth-order valence-electron chi connectivity index (χ4n) is 3.96. The van der Waals surface area contributed by atoms with E-state index in [9.17, 15) is 23.2 Å². The molecule has 3 N–H and O–H groups in total. The third-order valence-corrected chi connectivity index (χ3v) is 7.81. The third kappa shape index (κ3) is 6.05. The van der Waals surface area contributed by atoms with Crippen molar-refractivity contribution in [2.75, 3.05) is 20.4 Å². The molecule has 0 fully saturated rings. The minimum Gasteiger partial charge on any atom is -0.497 e. The summed E-state index contributed by atoms with van der Waals surface area (Å²) in [5.74, 6) is 0.0968. The van der Waals surface area contributed by atoms with Gasteiger partial charge in [-0.25, -0.2) is 13.9 Å². The van der Waals surface area contributed by atoms with Crippen LogP contribution in [0, 0.1) is 0 Å². The van der Waals surface area contributed by atoms with E-state index in [1.807, 2.05) is 0 Å². The van der Waals surface area contributed by atoms with Crippen LogP contribution in [0.3, 0.4) is 0 Å². The van der Waals surface area contributed by atoms with Gasteiger partial charge in [0.15, 0.2) is 11.5 Å². The van der Waals surface area contributed by atoms with Crippen LogP contribution in [0.25, 0.3) is 0 Å². The number of carbonyl (C=O) groups excluding carboxylic acids is 2. The van der Waals surface area contributed by atoms with Gasteiger partial charge >= 0.3 is 0 Å². The van der Waals surface area contributed by atoms with Crippen LogP contribution in [0.5, 0.6) is 17.2 Å². The highest BCUT2D eigenvalue weighted by atomic mass is 32.2. The van der Waals surface area contributed by atoms with Crippen LogP contribution in [0.15, 0.2) is 77.7 Å². The quantitative estimate of drug-likeness (QED) is 0.248. The highest BCUT2D eigenvalue weighted by molar-refractivity contribution is 7.89. The summed E-state index contributed by atoms with van der Waals surface area (Å²) >= 11 is 0. The number of fused-ring (bicyclic) bond motifs is 1. The highest BCUT2D eigenvalue weighted by Crippen LogP contribution is 2.34. The predicted molar refractivity (Wildman–Crippen MR) is 135 cm³/mol. The second kappa shape index (κ2) is 11.9. The standard InChI is InChI=1S/C26H27N3O8S/c1-35-20-8-10-21(11-9-20)38(33,34)29(16-18-7-12-23-24(15-18)37-17-36-23)22(26(31)28-32)13-14-27-25(30)19-5-3-2-4-6-19/h2-12,15,22,32H,13-14,16-17H2,1H3,(H,27,30)(H,28,31)/t22-/m1/s1. The molecule has 0 radical (unpaired) electrons. The van der Waals surface area contributed by atoms with Crippen molar-refractivity contribution in [1.82, 2.24) is 15.1 Å². The molecule has 200 valence electrons. The van der Waals surface area contributed by atoms with Gasteiger partial charge in [-0.3, -0.25) is 14.8 Å². The second-order valence-electron chi connectivity index (χ2n) is 8.32. The maximum atomic E-state index is 13.8. The van der Waals surface area contributed by atoms with Gasteiger partial charge in [0.05, 0.1) is 12.0 Å². The molecule has 12 heteroatoms. The number of rotatable bonds is 11. The summed E-state index contributed by atoms with van der Waals surface area (Å²) in [7, 11) is -2.82. The van der Waals surface area contributed by atoms with Gasteiger partial charge in [0.2, 0.25) is 16.8 Å². The first-order chi connectivity index (χ1) is 18.3. The first-order valence-corrected chi connectivity index (χ1v) is 13.1. The predicted octanol–water partition coefficient (Wildman–Crippen LogP) is 2.31.